The Labute approximate surface area is 171 Å². The van der Waals surface area contributed by atoms with Crippen LogP contribution in [0.15, 0.2) is 48.8 Å². The zero-order valence-electron chi connectivity index (χ0n) is 17.1. The number of likely N-dealkylation sites (N-methyl/N-ethyl adjacent to an activating group) is 1. The Kier molecular flexibility index (Phi) is 7.05. The number of rotatable bonds is 7. The molecule has 1 aromatic heterocycles. The molecule has 0 atom stereocenters. The van der Waals surface area contributed by atoms with Gasteiger partial charge in [-0.15, -0.1) is 0 Å². The largest absolute Gasteiger partial charge is 0.497 e. The second-order valence-corrected chi connectivity index (χ2v) is 7.16. The number of pyridine rings is 1. The van der Waals surface area contributed by atoms with Gasteiger partial charge >= 0.3 is 0 Å². The minimum absolute atomic E-state index is 0.0740. The van der Waals surface area contributed by atoms with Crippen molar-refractivity contribution in [2.45, 2.75) is 12.8 Å². The summed E-state index contributed by atoms with van der Waals surface area (Å²) in [6, 6.07) is 11.8. The van der Waals surface area contributed by atoms with E-state index in [1.807, 2.05) is 36.4 Å². The molecule has 0 spiro atoms. The number of amides is 2. The molecule has 154 valence electrons. The number of hydrogen-bond donors (Lipinski definition) is 0. The molecule has 7 nitrogen and oxygen atoms in total. The molecule has 1 aromatic carbocycles. The van der Waals surface area contributed by atoms with Crippen LogP contribution in [0, 0.1) is 0 Å². The van der Waals surface area contributed by atoms with Crippen molar-refractivity contribution in [1.29, 1.82) is 0 Å². The molecule has 3 rings (SSSR count). The zero-order chi connectivity index (χ0) is 20.6. The summed E-state index contributed by atoms with van der Waals surface area (Å²) in [6.07, 6.45) is 4.16. The molecule has 7 heteroatoms. The molecule has 1 saturated heterocycles. The van der Waals surface area contributed by atoms with Crippen molar-refractivity contribution in [1.82, 2.24) is 14.8 Å². The van der Waals surface area contributed by atoms with E-state index in [0.29, 0.717) is 19.6 Å². The van der Waals surface area contributed by atoms with Crippen molar-refractivity contribution in [3.63, 3.8) is 0 Å². The molecule has 1 aliphatic rings. The van der Waals surface area contributed by atoms with Gasteiger partial charge in [0, 0.05) is 57.9 Å². The zero-order valence-corrected chi connectivity index (χ0v) is 17.1. The fraction of sp³-hybridized carbons (Fsp3) is 0.409. The number of hydrogen-bond acceptors (Lipinski definition) is 5. The van der Waals surface area contributed by atoms with Crippen molar-refractivity contribution in [3.8, 4) is 5.75 Å². The van der Waals surface area contributed by atoms with E-state index in [4.69, 9.17) is 4.74 Å². The normalized spacial score (nSPS) is 13.9. The van der Waals surface area contributed by atoms with Gasteiger partial charge in [-0.1, -0.05) is 0 Å². The van der Waals surface area contributed by atoms with E-state index in [9.17, 15) is 9.59 Å². The second-order valence-electron chi connectivity index (χ2n) is 7.16. The van der Waals surface area contributed by atoms with Gasteiger partial charge in [-0.3, -0.25) is 14.6 Å². The number of benzene rings is 1. The summed E-state index contributed by atoms with van der Waals surface area (Å²) in [6.45, 7) is 3.34. The number of aromatic nitrogens is 1. The number of ether oxygens (including phenoxy) is 1. The van der Waals surface area contributed by atoms with Crippen LogP contribution in [0.2, 0.25) is 0 Å². The Hall–Kier alpha value is -3.09. The van der Waals surface area contributed by atoms with Crippen LogP contribution in [0.1, 0.15) is 12.0 Å². The maximum absolute atomic E-state index is 12.5. The van der Waals surface area contributed by atoms with E-state index in [0.717, 1.165) is 36.5 Å². The fourth-order valence-corrected chi connectivity index (χ4v) is 3.35. The van der Waals surface area contributed by atoms with Crippen LogP contribution in [0.25, 0.3) is 0 Å². The van der Waals surface area contributed by atoms with Gasteiger partial charge < -0.3 is 19.4 Å². The van der Waals surface area contributed by atoms with Gasteiger partial charge in [0.05, 0.1) is 7.11 Å². The van der Waals surface area contributed by atoms with Gasteiger partial charge in [0.25, 0.3) is 0 Å². The van der Waals surface area contributed by atoms with Gasteiger partial charge in [-0.05, 0) is 48.4 Å². The lowest BCUT2D eigenvalue weighted by Crippen LogP contribution is -2.49. The lowest BCUT2D eigenvalue weighted by Gasteiger charge is -2.36. The molecule has 0 radical (unpaired) electrons. The standard InChI is InChI=1S/C22H28N4O3/c1-24(12-9-18-7-10-23-11-8-18)21(27)17-22(28)26-15-13-25(14-16-26)19-3-5-20(29-2)6-4-19/h3-8,10-11H,9,12-17H2,1-2H3. The molecule has 1 fully saturated rings. The minimum Gasteiger partial charge on any atom is -0.497 e. The number of nitrogens with zero attached hydrogens (tertiary/aromatic N) is 4. The van der Waals surface area contributed by atoms with E-state index in [2.05, 4.69) is 9.88 Å². The third kappa shape index (κ3) is 5.70. The molecule has 2 amide bonds. The number of methoxy groups -OCH3 is 1. The van der Waals surface area contributed by atoms with Crippen LogP contribution in [0.5, 0.6) is 5.75 Å². The summed E-state index contributed by atoms with van der Waals surface area (Å²) in [5.41, 5.74) is 2.24. The Bertz CT molecular complexity index is 803. The molecular formula is C22H28N4O3. The summed E-state index contributed by atoms with van der Waals surface area (Å²) in [4.78, 5) is 34.6. The van der Waals surface area contributed by atoms with Crippen molar-refractivity contribution in [3.05, 3.63) is 54.4 Å². The average Bonchev–Trinajstić information content (AvgIpc) is 2.78. The lowest BCUT2D eigenvalue weighted by molar-refractivity contribution is -0.140. The number of piperazine rings is 1. The molecule has 1 aliphatic heterocycles. The molecule has 2 heterocycles. The molecule has 2 aromatic rings. The van der Waals surface area contributed by atoms with E-state index < -0.39 is 0 Å². The van der Waals surface area contributed by atoms with Crippen LogP contribution in [0.4, 0.5) is 5.69 Å². The summed E-state index contributed by atoms with van der Waals surface area (Å²) in [7, 11) is 3.40. The Morgan fingerprint density at radius 2 is 1.69 bits per heavy atom. The SMILES string of the molecule is COc1ccc(N2CCN(C(=O)CC(=O)N(C)CCc3ccncc3)CC2)cc1. The first-order valence-electron chi connectivity index (χ1n) is 9.86. The molecule has 29 heavy (non-hydrogen) atoms. The highest BCUT2D eigenvalue weighted by atomic mass is 16.5. The number of carbonyl (C=O) groups excluding carboxylic acids is 2. The summed E-state index contributed by atoms with van der Waals surface area (Å²) in [5.74, 6) is 0.593. The van der Waals surface area contributed by atoms with Crippen molar-refractivity contribution < 1.29 is 14.3 Å². The van der Waals surface area contributed by atoms with Crippen LogP contribution < -0.4 is 9.64 Å². The summed E-state index contributed by atoms with van der Waals surface area (Å²) >= 11 is 0. The number of carbonyl (C=O) groups is 2. The molecule has 0 unspecified atom stereocenters. The van der Waals surface area contributed by atoms with Crippen molar-refractivity contribution >= 4 is 17.5 Å². The van der Waals surface area contributed by atoms with Crippen molar-refractivity contribution in [2.75, 3.05) is 51.8 Å². The van der Waals surface area contributed by atoms with Crippen LogP contribution in [-0.2, 0) is 16.0 Å². The van der Waals surface area contributed by atoms with Gasteiger partial charge in [-0.2, -0.15) is 0 Å². The second kappa shape index (κ2) is 9.91. The minimum atomic E-state index is -0.137. The summed E-state index contributed by atoms with van der Waals surface area (Å²) < 4.78 is 5.19. The highest BCUT2D eigenvalue weighted by molar-refractivity contribution is 5.96. The van der Waals surface area contributed by atoms with Crippen LogP contribution >= 0.6 is 0 Å². The third-order valence-corrected chi connectivity index (χ3v) is 5.28. The van der Waals surface area contributed by atoms with E-state index in [1.54, 1.807) is 36.4 Å². The fourth-order valence-electron chi connectivity index (χ4n) is 3.35. The topological polar surface area (TPSA) is 66.0 Å². The molecule has 0 bridgehead atoms. The monoisotopic (exact) mass is 396 g/mol. The van der Waals surface area contributed by atoms with E-state index >= 15 is 0 Å². The Morgan fingerprint density at radius 3 is 2.31 bits per heavy atom. The lowest BCUT2D eigenvalue weighted by atomic mass is 10.2. The molecule has 0 saturated carbocycles. The maximum Gasteiger partial charge on any atom is 0.232 e. The van der Waals surface area contributed by atoms with Gasteiger partial charge in [-0.25, -0.2) is 0 Å². The van der Waals surface area contributed by atoms with Gasteiger partial charge in [0.2, 0.25) is 11.8 Å². The predicted octanol–water partition coefficient (Wildman–Crippen LogP) is 1.83. The Morgan fingerprint density at radius 1 is 1.03 bits per heavy atom. The maximum atomic E-state index is 12.5. The van der Waals surface area contributed by atoms with Crippen LogP contribution in [-0.4, -0.2) is 73.5 Å². The third-order valence-electron chi connectivity index (χ3n) is 5.28. The first kappa shape index (κ1) is 20.6. The smallest absolute Gasteiger partial charge is 0.232 e. The van der Waals surface area contributed by atoms with Crippen LogP contribution in [0.3, 0.4) is 0 Å². The van der Waals surface area contributed by atoms with E-state index in [1.165, 1.54) is 0 Å². The summed E-state index contributed by atoms with van der Waals surface area (Å²) in [5, 5.41) is 0. The first-order chi connectivity index (χ1) is 14.1. The average molecular weight is 396 g/mol. The van der Waals surface area contributed by atoms with Gasteiger partial charge in [0.1, 0.15) is 12.2 Å². The predicted molar refractivity (Wildman–Crippen MR) is 112 cm³/mol. The van der Waals surface area contributed by atoms with E-state index in [-0.39, 0.29) is 18.2 Å². The number of anilines is 1. The highest BCUT2D eigenvalue weighted by Crippen LogP contribution is 2.20. The molecular weight excluding hydrogens is 368 g/mol. The Balaban J connectivity index is 1.43. The molecule has 0 N–H and O–H groups in total. The molecule has 0 aliphatic carbocycles. The highest BCUT2D eigenvalue weighted by Gasteiger charge is 2.24. The quantitative estimate of drug-likeness (QED) is 0.668. The van der Waals surface area contributed by atoms with Crippen molar-refractivity contribution in [2.24, 2.45) is 0 Å². The first-order valence-corrected chi connectivity index (χ1v) is 9.86. The van der Waals surface area contributed by atoms with Gasteiger partial charge in [0.15, 0.2) is 0 Å².